The highest BCUT2D eigenvalue weighted by Crippen LogP contribution is 2.30. The predicted octanol–water partition coefficient (Wildman–Crippen LogP) is 0.788. The van der Waals surface area contributed by atoms with Crippen LogP contribution in [0.2, 0.25) is 0 Å². The zero-order valence-corrected chi connectivity index (χ0v) is 13.0. The Bertz CT molecular complexity index is 571. The van der Waals surface area contributed by atoms with E-state index in [-0.39, 0.29) is 23.9 Å². The summed E-state index contributed by atoms with van der Waals surface area (Å²) in [6.07, 6.45) is 2.39. The lowest BCUT2D eigenvalue weighted by Gasteiger charge is -2.35. The zero-order chi connectivity index (χ0) is 15.7. The molecule has 3 rings (SSSR count). The smallest absolute Gasteiger partial charge is 0.317 e. The standard InChI is InChI=1S/C15H22N4O3/c1-10-8-11(22-17-10)5-6-16-15(21)19-7-3-4-12-13(19)9-18(2)14(12)20/h8,12-13H,3-7,9H2,1-2H3,(H,16,21)/t12-,13-/m1/s1. The van der Waals surface area contributed by atoms with Crippen molar-refractivity contribution in [3.05, 3.63) is 17.5 Å². The lowest BCUT2D eigenvalue weighted by Crippen LogP contribution is -2.52. The van der Waals surface area contributed by atoms with Gasteiger partial charge in [-0.25, -0.2) is 4.79 Å². The number of hydrogen-bond acceptors (Lipinski definition) is 4. The first-order chi connectivity index (χ1) is 10.6. The summed E-state index contributed by atoms with van der Waals surface area (Å²) in [5.74, 6) is 0.908. The molecule has 1 N–H and O–H groups in total. The van der Waals surface area contributed by atoms with Gasteiger partial charge in [-0.3, -0.25) is 4.79 Å². The Kier molecular flexibility index (Phi) is 4.04. The fourth-order valence-electron chi connectivity index (χ4n) is 3.40. The normalized spacial score (nSPS) is 24.5. The minimum atomic E-state index is -0.0889. The highest BCUT2D eigenvalue weighted by Gasteiger charge is 2.45. The first kappa shape index (κ1) is 14.9. The van der Waals surface area contributed by atoms with Crippen molar-refractivity contribution in [1.82, 2.24) is 20.3 Å². The number of fused-ring (bicyclic) bond motifs is 1. The summed E-state index contributed by atoms with van der Waals surface area (Å²) in [5, 5.41) is 6.75. The van der Waals surface area contributed by atoms with Crippen LogP contribution in [-0.4, -0.2) is 59.6 Å². The Balaban J connectivity index is 1.54. The Morgan fingerprint density at radius 2 is 2.36 bits per heavy atom. The number of amides is 3. The summed E-state index contributed by atoms with van der Waals surface area (Å²) < 4.78 is 5.12. The van der Waals surface area contributed by atoms with Gasteiger partial charge in [0.1, 0.15) is 5.76 Å². The molecule has 2 saturated heterocycles. The van der Waals surface area contributed by atoms with Crippen molar-refractivity contribution in [1.29, 1.82) is 0 Å². The van der Waals surface area contributed by atoms with E-state index in [2.05, 4.69) is 10.5 Å². The maximum atomic E-state index is 12.4. The van der Waals surface area contributed by atoms with Gasteiger partial charge in [0.25, 0.3) is 0 Å². The van der Waals surface area contributed by atoms with Crippen LogP contribution in [0.5, 0.6) is 0 Å². The second-order valence-corrected chi connectivity index (χ2v) is 6.14. The SMILES string of the molecule is Cc1cc(CCNC(=O)N2CCC[C@H]3C(=O)N(C)C[C@H]32)on1. The fourth-order valence-corrected chi connectivity index (χ4v) is 3.40. The molecule has 0 radical (unpaired) electrons. The largest absolute Gasteiger partial charge is 0.361 e. The molecule has 22 heavy (non-hydrogen) atoms. The molecular weight excluding hydrogens is 284 g/mol. The van der Waals surface area contributed by atoms with Gasteiger partial charge in [-0.1, -0.05) is 5.16 Å². The summed E-state index contributed by atoms with van der Waals surface area (Å²) in [6.45, 7) is 3.73. The summed E-state index contributed by atoms with van der Waals surface area (Å²) in [7, 11) is 1.81. The van der Waals surface area contributed by atoms with Gasteiger partial charge in [-0.15, -0.1) is 0 Å². The number of aromatic nitrogens is 1. The van der Waals surface area contributed by atoms with Crippen LogP contribution in [0.25, 0.3) is 0 Å². The average molecular weight is 306 g/mol. The van der Waals surface area contributed by atoms with Gasteiger partial charge < -0.3 is 19.6 Å². The first-order valence-corrected chi connectivity index (χ1v) is 7.78. The number of carbonyl (C=O) groups is 2. The average Bonchev–Trinajstić information content (AvgIpc) is 3.03. The summed E-state index contributed by atoms with van der Waals surface area (Å²) in [4.78, 5) is 28.0. The summed E-state index contributed by atoms with van der Waals surface area (Å²) in [5.41, 5.74) is 0.840. The Morgan fingerprint density at radius 3 is 3.09 bits per heavy atom. The van der Waals surface area contributed by atoms with Crippen LogP contribution in [-0.2, 0) is 11.2 Å². The van der Waals surface area contributed by atoms with Crippen LogP contribution in [0.1, 0.15) is 24.3 Å². The molecule has 0 aromatic carbocycles. The zero-order valence-electron chi connectivity index (χ0n) is 13.0. The van der Waals surface area contributed by atoms with Crippen molar-refractivity contribution in [2.45, 2.75) is 32.2 Å². The van der Waals surface area contributed by atoms with Crippen molar-refractivity contribution in [2.24, 2.45) is 5.92 Å². The van der Waals surface area contributed by atoms with Crippen LogP contribution in [0.4, 0.5) is 4.79 Å². The molecule has 0 unspecified atom stereocenters. The number of carbonyl (C=O) groups excluding carboxylic acids is 2. The predicted molar refractivity (Wildman–Crippen MR) is 79.2 cm³/mol. The number of rotatable bonds is 3. The van der Waals surface area contributed by atoms with Crippen molar-refractivity contribution in [3.63, 3.8) is 0 Å². The number of aryl methyl sites for hydroxylation is 1. The third-order valence-corrected chi connectivity index (χ3v) is 4.52. The van der Waals surface area contributed by atoms with Crippen LogP contribution < -0.4 is 5.32 Å². The van der Waals surface area contributed by atoms with E-state index in [1.807, 2.05) is 24.9 Å². The van der Waals surface area contributed by atoms with Crippen molar-refractivity contribution in [2.75, 3.05) is 26.7 Å². The molecule has 0 aliphatic carbocycles. The molecule has 7 nitrogen and oxygen atoms in total. The van der Waals surface area contributed by atoms with Gasteiger partial charge in [0, 0.05) is 39.2 Å². The van der Waals surface area contributed by atoms with Crippen LogP contribution in [0.3, 0.4) is 0 Å². The molecule has 120 valence electrons. The van der Waals surface area contributed by atoms with Gasteiger partial charge in [-0.2, -0.15) is 0 Å². The van der Waals surface area contributed by atoms with E-state index in [0.29, 0.717) is 19.5 Å². The topological polar surface area (TPSA) is 78.7 Å². The third-order valence-electron chi connectivity index (χ3n) is 4.52. The number of likely N-dealkylation sites (N-methyl/N-ethyl adjacent to an activating group) is 1. The molecule has 7 heteroatoms. The van der Waals surface area contributed by atoms with Gasteiger partial charge >= 0.3 is 6.03 Å². The minimum absolute atomic E-state index is 0.0128. The molecule has 1 aromatic heterocycles. The highest BCUT2D eigenvalue weighted by molar-refractivity contribution is 5.84. The summed E-state index contributed by atoms with van der Waals surface area (Å²) >= 11 is 0. The molecule has 1 aromatic rings. The second kappa shape index (κ2) is 5.98. The molecule has 2 atom stereocenters. The summed E-state index contributed by atoms with van der Waals surface area (Å²) in [6, 6.07) is 1.79. The van der Waals surface area contributed by atoms with Gasteiger partial charge in [0.15, 0.2) is 0 Å². The van der Waals surface area contributed by atoms with E-state index in [0.717, 1.165) is 30.8 Å². The maximum Gasteiger partial charge on any atom is 0.317 e. The van der Waals surface area contributed by atoms with E-state index < -0.39 is 0 Å². The minimum Gasteiger partial charge on any atom is -0.361 e. The molecular formula is C15H22N4O3. The van der Waals surface area contributed by atoms with E-state index in [1.165, 1.54) is 0 Å². The van der Waals surface area contributed by atoms with Gasteiger partial charge in [0.2, 0.25) is 5.91 Å². The van der Waals surface area contributed by atoms with Gasteiger partial charge in [-0.05, 0) is 19.8 Å². The highest BCUT2D eigenvalue weighted by atomic mass is 16.5. The van der Waals surface area contributed by atoms with Crippen molar-refractivity contribution < 1.29 is 14.1 Å². The molecule has 0 bridgehead atoms. The van der Waals surface area contributed by atoms with Crippen LogP contribution in [0.15, 0.2) is 10.6 Å². The number of urea groups is 1. The molecule has 2 aliphatic heterocycles. The van der Waals surface area contributed by atoms with E-state index >= 15 is 0 Å². The molecule has 3 amide bonds. The molecule has 3 heterocycles. The van der Waals surface area contributed by atoms with Gasteiger partial charge in [0.05, 0.1) is 17.7 Å². The molecule has 0 spiro atoms. The van der Waals surface area contributed by atoms with Crippen molar-refractivity contribution >= 4 is 11.9 Å². The molecule has 2 fully saturated rings. The van der Waals surface area contributed by atoms with E-state index in [1.54, 1.807) is 4.90 Å². The van der Waals surface area contributed by atoms with Crippen molar-refractivity contribution in [3.8, 4) is 0 Å². The lowest BCUT2D eigenvalue weighted by molar-refractivity contribution is -0.130. The Labute approximate surface area is 129 Å². The number of piperidine rings is 1. The monoisotopic (exact) mass is 306 g/mol. The number of nitrogens with zero attached hydrogens (tertiary/aromatic N) is 3. The van der Waals surface area contributed by atoms with Crippen LogP contribution >= 0.6 is 0 Å². The Morgan fingerprint density at radius 1 is 1.55 bits per heavy atom. The number of likely N-dealkylation sites (tertiary alicyclic amines) is 2. The Hall–Kier alpha value is -2.05. The quantitative estimate of drug-likeness (QED) is 0.895. The van der Waals surface area contributed by atoms with E-state index in [9.17, 15) is 9.59 Å². The lowest BCUT2D eigenvalue weighted by atomic mass is 9.92. The van der Waals surface area contributed by atoms with Crippen LogP contribution in [0, 0.1) is 12.8 Å². The van der Waals surface area contributed by atoms with E-state index in [4.69, 9.17) is 4.52 Å². The first-order valence-electron chi connectivity index (χ1n) is 7.78. The number of nitrogens with one attached hydrogen (secondary N) is 1. The third kappa shape index (κ3) is 2.80. The molecule has 0 saturated carbocycles. The fraction of sp³-hybridized carbons (Fsp3) is 0.667. The maximum absolute atomic E-state index is 12.4. The second-order valence-electron chi connectivity index (χ2n) is 6.14. The molecule has 2 aliphatic rings. The number of hydrogen-bond donors (Lipinski definition) is 1.